The number of benzene rings is 1. The Kier molecular flexibility index (Phi) is 4.27. The maximum Gasteiger partial charge on any atom is 0.313 e. The molecule has 130 valence electrons. The molecule has 1 saturated heterocycles. The third-order valence-electron chi connectivity index (χ3n) is 5.31. The molecule has 2 amide bonds. The quantitative estimate of drug-likeness (QED) is 0.730. The van der Waals surface area contributed by atoms with Gasteiger partial charge in [0.2, 0.25) is 0 Å². The van der Waals surface area contributed by atoms with Gasteiger partial charge in [-0.3, -0.25) is 9.59 Å². The van der Waals surface area contributed by atoms with Gasteiger partial charge in [0, 0.05) is 22.7 Å². The van der Waals surface area contributed by atoms with Crippen LogP contribution in [0.15, 0.2) is 22.7 Å². The molecule has 2 bridgehead atoms. The smallest absolute Gasteiger partial charge is 0.313 e. The van der Waals surface area contributed by atoms with Crippen molar-refractivity contribution in [1.82, 2.24) is 4.90 Å². The van der Waals surface area contributed by atoms with Gasteiger partial charge in [-0.25, -0.2) is 0 Å². The molecule has 0 aromatic heterocycles. The van der Waals surface area contributed by atoms with Crippen LogP contribution in [-0.4, -0.2) is 29.3 Å². The molecule has 1 aromatic rings. The van der Waals surface area contributed by atoms with E-state index in [2.05, 4.69) is 42.0 Å². The van der Waals surface area contributed by atoms with Crippen LogP contribution in [0.2, 0.25) is 0 Å². The molecule has 1 heterocycles. The van der Waals surface area contributed by atoms with Crippen molar-refractivity contribution in [2.45, 2.75) is 53.0 Å². The number of likely N-dealkylation sites (tertiary alicyclic amines) is 1. The molecule has 2 fully saturated rings. The van der Waals surface area contributed by atoms with Gasteiger partial charge in [-0.1, -0.05) is 36.7 Å². The van der Waals surface area contributed by atoms with Crippen molar-refractivity contribution in [1.29, 1.82) is 0 Å². The zero-order chi connectivity index (χ0) is 17.7. The van der Waals surface area contributed by atoms with Crippen molar-refractivity contribution < 1.29 is 9.59 Å². The molecule has 0 spiro atoms. The van der Waals surface area contributed by atoms with E-state index in [9.17, 15) is 9.59 Å². The molecule has 5 heteroatoms. The number of halogens is 1. The number of fused-ring (bicyclic) bond motifs is 2. The fourth-order valence-corrected chi connectivity index (χ4v) is 5.25. The lowest BCUT2D eigenvalue weighted by atomic mass is 9.65. The Morgan fingerprint density at radius 2 is 1.96 bits per heavy atom. The molecule has 1 aliphatic heterocycles. The highest BCUT2D eigenvalue weighted by molar-refractivity contribution is 9.10. The molecule has 2 atom stereocenters. The van der Waals surface area contributed by atoms with E-state index in [1.54, 1.807) is 4.90 Å². The van der Waals surface area contributed by atoms with E-state index in [1.807, 2.05) is 25.1 Å². The molecular weight excluding hydrogens is 368 g/mol. The number of amides is 2. The van der Waals surface area contributed by atoms with E-state index >= 15 is 0 Å². The Balaban J connectivity index is 1.74. The van der Waals surface area contributed by atoms with Crippen LogP contribution in [-0.2, 0) is 9.59 Å². The highest BCUT2D eigenvalue weighted by Gasteiger charge is 2.51. The molecule has 2 aliphatic rings. The summed E-state index contributed by atoms with van der Waals surface area (Å²) in [5, 5.41) is 2.78. The van der Waals surface area contributed by atoms with Gasteiger partial charge in [0.05, 0.1) is 0 Å². The lowest BCUT2D eigenvalue weighted by molar-refractivity contribution is -0.144. The molecule has 2 unspecified atom stereocenters. The highest BCUT2D eigenvalue weighted by Crippen LogP contribution is 2.52. The summed E-state index contributed by atoms with van der Waals surface area (Å²) in [6.45, 7) is 9.36. The standard InChI is InChI=1S/C19H25BrN2O2/c1-12-7-13(20)5-6-15(12)21-16(23)17(24)22-11-19(4)9-14(22)8-18(2,3)10-19/h5-7,14H,8-11H2,1-4H3,(H,21,23). The summed E-state index contributed by atoms with van der Waals surface area (Å²) in [7, 11) is 0. The predicted octanol–water partition coefficient (Wildman–Crippen LogP) is 4.12. The van der Waals surface area contributed by atoms with Gasteiger partial charge >= 0.3 is 11.8 Å². The molecule has 4 nitrogen and oxygen atoms in total. The molecule has 3 rings (SSSR count). The summed E-state index contributed by atoms with van der Waals surface area (Å²) in [5.74, 6) is -0.932. The number of anilines is 1. The first kappa shape index (κ1) is 17.5. The van der Waals surface area contributed by atoms with Gasteiger partial charge in [0.1, 0.15) is 0 Å². The van der Waals surface area contributed by atoms with Crippen LogP contribution in [0.25, 0.3) is 0 Å². The summed E-state index contributed by atoms with van der Waals surface area (Å²) in [6, 6.07) is 5.78. The Hall–Kier alpha value is -1.36. The molecule has 24 heavy (non-hydrogen) atoms. The maximum atomic E-state index is 12.7. The first-order chi connectivity index (χ1) is 11.1. The largest absolute Gasteiger partial charge is 0.331 e. The molecule has 1 aromatic carbocycles. The van der Waals surface area contributed by atoms with Crippen molar-refractivity contribution in [2.24, 2.45) is 10.8 Å². The van der Waals surface area contributed by atoms with E-state index in [0.717, 1.165) is 29.3 Å². The summed E-state index contributed by atoms with van der Waals surface area (Å²) in [6.07, 6.45) is 3.08. The van der Waals surface area contributed by atoms with Crippen LogP contribution in [0.4, 0.5) is 5.69 Å². The van der Waals surface area contributed by atoms with Crippen LogP contribution >= 0.6 is 15.9 Å². The minimum atomic E-state index is -0.533. The monoisotopic (exact) mass is 392 g/mol. The van der Waals surface area contributed by atoms with E-state index in [4.69, 9.17) is 0 Å². The van der Waals surface area contributed by atoms with E-state index in [1.165, 1.54) is 0 Å². The van der Waals surface area contributed by atoms with Crippen LogP contribution in [0, 0.1) is 17.8 Å². The number of aryl methyl sites for hydroxylation is 1. The minimum absolute atomic E-state index is 0.135. The van der Waals surface area contributed by atoms with Crippen molar-refractivity contribution in [2.75, 3.05) is 11.9 Å². The van der Waals surface area contributed by atoms with Crippen LogP contribution in [0.3, 0.4) is 0 Å². The van der Waals surface area contributed by atoms with Gasteiger partial charge in [-0.15, -0.1) is 0 Å². The van der Waals surface area contributed by atoms with Crippen LogP contribution < -0.4 is 5.32 Å². The number of hydrogen-bond donors (Lipinski definition) is 1. The fourth-order valence-electron chi connectivity index (χ4n) is 4.77. The third-order valence-corrected chi connectivity index (χ3v) is 5.80. The second-order valence-corrected chi connectivity index (χ2v) is 9.48. The normalized spacial score (nSPS) is 27.9. The van der Waals surface area contributed by atoms with E-state index in [0.29, 0.717) is 12.2 Å². The number of hydrogen-bond acceptors (Lipinski definition) is 2. The van der Waals surface area contributed by atoms with E-state index < -0.39 is 11.8 Å². The zero-order valence-electron chi connectivity index (χ0n) is 14.8. The molecular formula is C19H25BrN2O2. The second-order valence-electron chi connectivity index (χ2n) is 8.56. The summed E-state index contributed by atoms with van der Waals surface area (Å²) in [4.78, 5) is 27.0. The van der Waals surface area contributed by atoms with Crippen molar-refractivity contribution >= 4 is 33.4 Å². The minimum Gasteiger partial charge on any atom is -0.331 e. The van der Waals surface area contributed by atoms with Crippen molar-refractivity contribution in [3.05, 3.63) is 28.2 Å². The first-order valence-corrected chi connectivity index (χ1v) is 9.26. The molecule has 1 N–H and O–H groups in total. The topological polar surface area (TPSA) is 49.4 Å². The summed E-state index contributed by atoms with van der Waals surface area (Å²) < 4.78 is 0.952. The Morgan fingerprint density at radius 1 is 1.25 bits per heavy atom. The number of rotatable bonds is 1. The predicted molar refractivity (Wildman–Crippen MR) is 98.7 cm³/mol. The van der Waals surface area contributed by atoms with Gasteiger partial charge in [0.15, 0.2) is 0 Å². The number of nitrogens with one attached hydrogen (secondary N) is 1. The van der Waals surface area contributed by atoms with Gasteiger partial charge in [-0.2, -0.15) is 0 Å². The average Bonchev–Trinajstić information content (AvgIpc) is 2.70. The lowest BCUT2D eigenvalue weighted by Crippen LogP contribution is -2.43. The van der Waals surface area contributed by atoms with Gasteiger partial charge < -0.3 is 10.2 Å². The SMILES string of the molecule is Cc1cc(Br)ccc1NC(=O)C(=O)N1CC2(C)CC1CC(C)(C)C2. The number of carbonyl (C=O) groups is 2. The molecule has 0 radical (unpaired) electrons. The maximum absolute atomic E-state index is 12.7. The number of carbonyl (C=O) groups excluding carboxylic acids is 2. The number of nitrogens with zero attached hydrogens (tertiary/aromatic N) is 1. The fraction of sp³-hybridized carbons (Fsp3) is 0.579. The summed E-state index contributed by atoms with van der Waals surface area (Å²) >= 11 is 3.40. The Morgan fingerprint density at radius 3 is 2.62 bits per heavy atom. The van der Waals surface area contributed by atoms with E-state index in [-0.39, 0.29) is 16.9 Å². The first-order valence-electron chi connectivity index (χ1n) is 8.47. The highest BCUT2D eigenvalue weighted by atomic mass is 79.9. The molecule has 1 aliphatic carbocycles. The Labute approximate surface area is 152 Å². The lowest BCUT2D eigenvalue weighted by Gasteiger charge is -2.39. The summed E-state index contributed by atoms with van der Waals surface area (Å²) in [5.41, 5.74) is 1.98. The van der Waals surface area contributed by atoms with Gasteiger partial charge in [0.25, 0.3) is 0 Å². The van der Waals surface area contributed by atoms with Crippen LogP contribution in [0.1, 0.15) is 45.6 Å². The average molecular weight is 393 g/mol. The van der Waals surface area contributed by atoms with Crippen molar-refractivity contribution in [3.63, 3.8) is 0 Å². The van der Waals surface area contributed by atoms with Gasteiger partial charge in [-0.05, 0) is 60.8 Å². The Bertz CT molecular complexity index is 701. The third kappa shape index (κ3) is 3.37. The molecule has 1 saturated carbocycles. The van der Waals surface area contributed by atoms with Crippen LogP contribution in [0.5, 0.6) is 0 Å². The van der Waals surface area contributed by atoms with Crippen molar-refractivity contribution in [3.8, 4) is 0 Å². The zero-order valence-corrected chi connectivity index (χ0v) is 16.4. The second kappa shape index (κ2) is 5.87.